The van der Waals surface area contributed by atoms with Gasteiger partial charge in [0, 0.05) is 0 Å². The Morgan fingerprint density at radius 3 is 2.29 bits per heavy atom. The molecule has 82 valence electrons. The van der Waals surface area contributed by atoms with Crippen LogP contribution in [0.25, 0.3) is 0 Å². The van der Waals surface area contributed by atoms with Crippen molar-refractivity contribution in [3.8, 4) is 0 Å². The van der Waals surface area contributed by atoms with Crippen molar-refractivity contribution in [2.24, 2.45) is 11.5 Å². The first-order valence-electron chi connectivity index (χ1n) is 3.95. The van der Waals surface area contributed by atoms with E-state index in [0.717, 1.165) is 0 Å². The average molecular weight is 206 g/mol. The maximum absolute atomic E-state index is 11.0. The van der Waals surface area contributed by atoms with Crippen molar-refractivity contribution < 1.29 is 24.5 Å². The summed E-state index contributed by atoms with van der Waals surface area (Å²) in [5.41, 5.74) is 10.3. The molecule has 3 unspecified atom stereocenters. The minimum atomic E-state index is -1.28. The predicted octanol–water partition coefficient (Wildman–Crippen LogP) is -2.35. The number of aliphatic hydroxyl groups is 1. The van der Waals surface area contributed by atoms with Gasteiger partial charge in [0.15, 0.2) is 0 Å². The molecule has 0 aromatic carbocycles. The van der Waals surface area contributed by atoms with Gasteiger partial charge in [-0.3, -0.25) is 9.59 Å². The van der Waals surface area contributed by atoms with Crippen molar-refractivity contribution >= 4 is 11.9 Å². The number of rotatable bonds is 5. The number of hydrogen-bond donors (Lipinski definition) is 4. The molecule has 0 aromatic rings. The summed E-state index contributed by atoms with van der Waals surface area (Å²) in [6.45, 7) is 0.859. The maximum Gasteiger partial charge on any atom is 0.325 e. The minimum absolute atomic E-state index is 0.464. The van der Waals surface area contributed by atoms with E-state index in [0.29, 0.717) is 0 Å². The number of carbonyl (C=O) groups excluding carboxylic acids is 1. The van der Waals surface area contributed by atoms with Crippen molar-refractivity contribution in [1.82, 2.24) is 0 Å². The average Bonchev–Trinajstić information content (AvgIpc) is 2.11. The SMILES string of the molecule is CC(O)C(N)C(=O)OCC(N)C(=O)O. The van der Waals surface area contributed by atoms with Crippen molar-refractivity contribution in [3.05, 3.63) is 0 Å². The molecule has 0 aromatic heterocycles. The smallest absolute Gasteiger partial charge is 0.325 e. The standard InChI is InChI=1S/C7H14N2O5/c1-3(10)5(9)7(13)14-2-4(8)6(11)12/h3-5,10H,2,8-9H2,1H3,(H,11,12). The molecule has 0 bridgehead atoms. The van der Waals surface area contributed by atoms with Crippen LogP contribution >= 0.6 is 0 Å². The summed E-state index contributed by atoms with van der Waals surface area (Å²) >= 11 is 0. The highest BCUT2D eigenvalue weighted by Crippen LogP contribution is 1.93. The Morgan fingerprint density at radius 1 is 1.43 bits per heavy atom. The largest absolute Gasteiger partial charge is 0.480 e. The molecule has 0 heterocycles. The molecule has 3 atom stereocenters. The first-order chi connectivity index (χ1) is 6.36. The third kappa shape index (κ3) is 4.17. The Bertz CT molecular complexity index is 218. The highest BCUT2D eigenvalue weighted by Gasteiger charge is 2.22. The van der Waals surface area contributed by atoms with E-state index >= 15 is 0 Å². The van der Waals surface area contributed by atoms with Crippen molar-refractivity contribution in [2.45, 2.75) is 25.1 Å². The van der Waals surface area contributed by atoms with Crippen LogP contribution in [0, 0.1) is 0 Å². The molecule has 0 fully saturated rings. The van der Waals surface area contributed by atoms with Gasteiger partial charge in [-0.15, -0.1) is 0 Å². The van der Waals surface area contributed by atoms with Gasteiger partial charge < -0.3 is 26.4 Å². The summed E-state index contributed by atoms with van der Waals surface area (Å²) in [6.07, 6.45) is -1.05. The third-order valence-electron chi connectivity index (χ3n) is 1.51. The minimum Gasteiger partial charge on any atom is -0.480 e. The molecule has 14 heavy (non-hydrogen) atoms. The molecule has 0 spiro atoms. The molecule has 0 rings (SSSR count). The normalized spacial score (nSPS) is 16.9. The molecule has 0 aliphatic carbocycles. The van der Waals surface area contributed by atoms with Gasteiger partial charge in [-0.05, 0) is 6.92 Å². The van der Waals surface area contributed by atoms with E-state index in [1.54, 1.807) is 0 Å². The van der Waals surface area contributed by atoms with Crippen molar-refractivity contribution in [3.63, 3.8) is 0 Å². The van der Waals surface area contributed by atoms with Crippen LogP contribution in [0.5, 0.6) is 0 Å². The topological polar surface area (TPSA) is 136 Å². The second-order valence-electron chi connectivity index (χ2n) is 2.84. The highest BCUT2D eigenvalue weighted by atomic mass is 16.5. The molecule has 7 nitrogen and oxygen atoms in total. The summed E-state index contributed by atoms with van der Waals surface area (Å²) < 4.78 is 4.46. The Balaban J connectivity index is 3.91. The lowest BCUT2D eigenvalue weighted by atomic mass is 10.2. The van der Waals surface area contributed by atoms with Gasteiger partial charge in [0.1, 0.15) is 18.7 Å². The number of aliphatic carboxylic acids is 1. The molecule has 0 aliphatic heterocycles. The Morgan fingerprint density at radius 2 is 1.93 bits per heavy atom. The maximum atomic E-state index is 11.0. The molecule has 7 heteroatoms. The first kappa shape index (κ1) is 12.8. The highest BCUT2D eigenvalue weighted by molar-refractivity contribution is 5.77. The van der Waals surface area contributed by atoms with Crippen LogP contribution in [0.4, 0.5) is 0 Å². The summed E-state index contributed by atoms with van der Waals surface area (Å²) in [4.78, 5) is 21.2. The summed E-state index contributed by atoms with van der Waals surface area (Å²) in [5.74, 6) is -2.15. The van der Waals surface area contributed by atoms with E-state index in [4.69, 9.17) is 21.7 Å². The fourth-order valence-corrected chi connectivity index (χ4v) is 0.536. The van der Waals surface area contributed by atoms with E-state index in [2.05, 4.69) is 4.74 Å². The molecule has 0 saturated carbocycles. The molecular weight excluding hydrogens is 192 g/mol. The summed E-state index contributed by atoms with van der Waals surface area (Å²) in [5, 5.41) is 17.2. The van der Waals surface area contributed by atoms with Gasteiger partial charge in [-0.1, -0.05) is 0 Å². The number of nitrogens with two attached hydrogens (primary N) is 2. The van der Waals surface area contributed by atoms with Crippen LogP contribution in [0.2, 0.25) is 0 Å². The second kappa shape index (κ2) is 5.53. The van der Waals surface area contributed by atoms with Gasteiger partial charge in [0.2, 0.25) is 0 Å². The van der Waals surface area contributed by atoms with Crippen LogP contribution in [-0.4, -0.2) is 46.9 Å². The van der Waals surface area contributed by atoms with Crippen molar-refractivity contribution in [1.29, 1.82) is 0 Å². The Kier molecular flexibility index (Phi) is 5.06. The van der Waals surface area contributed by atoms with Gasteiger partial charge in [-0.2, -0.15) is 0 Å². The zero-order valence-corrected chi connectivity index (χ0v) is 7.71. The fourth-order valence-electron chi connectivity index (χ4n) is 0.536. The molecule has 0 saturated heterocycles. The van der Waals surface area contributed by atoms with E-state index in [-0.39, 0.29) is 0 Å². The van der Waals surface area contributed by atoms with Crippen LogP contribution in [0.15, 0.2) is 0 Å². The Hall–Kier alpha value is -1.18. The molecular formula is C7H14N2O5. The second-order valence-corrected chi connectivity index (χ2v) is 2.84. The number of carbonyl (C=O) groups is 2. The van der Waals surface area contributed by atoms with Gasteiger partial charge in [0.25, 0.3) is 0 Å². The van der Waals surface area contributed by atoms with E-state index < -0.39 is 36.7 Å². The van der Waals surface area contributed by atoms with Crippen molar-refractivity contribution in [2.75, 3.05) is 6.61 Å². The zero-order valence-electron chi connectivity index (χ0n) is 7.71. The quantitative estimate of drug-likeness (QED) is 0.370. The van der Waals surface area contributed by atoms with Crippen LogP contribution < -0.4 is 11.5 Å². The number of carboxylic acid groups (broad SMARTS) is 1. The number of esters is 1. The molecule has 0 radical (unpaired) electrons. The number of aliphatic hydroxyl groups excluding tert-OH is 1. The van der Waals surface area contributed by atoms with E-state index in [1.807, 2.05) is 0 Å². The molecule has 0 amide bonds. The van der Waals surface area contributed by atoms with E-state index in [9.17, 15) is 9.59 Å². The lowest BCUT2D eigenvalue weighted by Gasteiger charge is -2.14. The van der Waals surface area contributed by atoms with Crippen LogP contribution in [-0.2, 0) is 14.3 Å². The Labute approximate surface area is 80.6 Å². The zero-order chi connectivity index (χ0) is 11.3. The predicted molar refractivity (Wildman–Crippen MR) is 46.2 cm³/mol. The van der Waals surface area contributed by atoms with Gasteiger partial charge in [0.05, 0.1) is 6.10 Å². The number of carboxylic acids is 1. The number of hydrogen-bond acceptors (Lipinski definition) is 6. The van der Waals surface area contributed by atoms with Gasteiger partial charge >= 0.3 is 11.9 Å². The monoisotopic (exact) mass is 206 g/mol. The fraction of sp³-hybridized carbons (Fsp3) is 0.714. The number of ether oxygens (including phenoxy) is 1. The summed E-state index contributed by atoms with van der Waals surface area (Å²) in [6, 6.07) is -2.46. The lowest BCUT2D eigenvalue weighted by molar-refractivity contribution is -0.150. The molecule has 6 N–H and O–H groups in total. The lowest BCUT2D eigenvalue weighted by Crippen LogP contribution is -2.44. The summed E-state index contributed by atoms with van der Waals surface area (Å²) in [7, 11) is 0. The van der Waals surface area contributed by atoms with Crippen LogP contribution in [0.1, 0.15) is 6.92 Å². The third-order valence-corrected chi connectivity index (χ3v) is 1.51. The van der Waals surface area contributed by atoms with Gasteiger partial charge in [-0.25, -0.2) is 0 Å². The van der Waals surface area contributed by atoms with Crippen LogP contribution in [0.3, 0.4) is 0 Å². The first-order valence-corrected chi connectivity index (χ1v) is 3.95. The van der Waals surface area contributed by atoms with E-state index in [1.165, 1.54) is 6.92 Å². The molecule has 0 aliphatic rings.